The third kappa shape index (κ3) is 3.93. The van der Waals surface area contributed by atoms with Crippen molar-refractivity contribution in [3.8, 4) is 0 Å². The number of allylic oxidation sites excluding steroid dienone is 1. The summed E-state index contributed by atoms with van der Waals surface area (Å²) in [6, 6.07) is 6.20. The van der Waals surface area contributed by atoms with Gasteiger partial charge in [-0.1, -0.05) is 31.8 Å². The van der Waals surface area contributed by atoms with Crippen LogP contribution in [0, 0.1) is 0 Å². The summed E-state index contributed by atoms with van der Waals surface area (Å²) in [6.45, 7) is 14.0. The monoisotopic (exact) mass is 451 g/mol. The highest BCUT2D eigenvalue weighted by Crippen LogP contribution is 2.45. The van der Waals surface area contributed by atoms with Crippen molar-refractivity contribution in [3.63, 3.8) is 0 Å². The Kier molecular flexibility index (Phi) is 5.62. The van der Waals surface area contributed by atoms with E-state index in [-0.39, 0.29) is 11.6 Å². The molecule has 8 heteroatoms. The van der Waals surface area contributed by atoms with E-state index < -0.39 is 13.5 Å². The number of carbonyl (C=O) groups is 1. The Balaban J connectivity index is 1.72. The van der Waals surface area contributed by atoms with Crippen LogP contribution in [0.5, 0.6) is 0 Å². The molecule has 7 nitrogen and oxygen atoms in total. The Morgan fingerprint density at radius 1 is 1.25 bits per heavy atom. The molecule has 1 atom stereocenters. The first-order chi connectivity index (χ1) is 15.0. The van der Waals surface area contributed by atoms with E-state index in [0.717, 1.165) is 22.4 Å². The van der Waals surface area contributed by atoms with Crippen molar-refractivity contribution in [2.24, 2.45) is 4.99 Å². The predicted octanol–water partition coefficient (Wildman–Crippen LogP) is 4.39. The van der Waals surface area contributed by atoms with E-state index >= 15 is 0 Å². The van der Waals surface area contributed by atoms with Gasteiger partial charge in [-0.15, -0.1) is 0 Å². The van der Waals surface area contributed by atoms with Crippen LogP contribution in [-0.2, 0) is 21.7 Å². The van der Waals surface area contributed by atoms with E-state index in [1.165, 1.54) is 0 Å². The number of aliphatic imine (C=N–C) groups is 1. The fourth-order valence-electron chi connectivity index (χ4n) is 3.91. The van der Waals surface area contributed by atoms with Crippen LogP contribution < -0.4 is 4.90 Å². The number of imidazole rings is 1. The number of amides is 1. The molecule has 0 bridgehead atoms. The van der Waals surface area contributed by atoms with Crippen LogP contribution >= 0.6 is 0 Å². The molecule has 2 aliphatic heterocycles. The molecule has 1 aromatic heterocycles. The quantitative estimate of drug-likeness (QED) is 0.611. The number of rotatable bonds is 6. The Bertz CT molecular complexity index is 1100. The number of ether oxygens (including phenoxy) is 1. The van der Waals surface area contributed by atoms with Crippen LogP contribution in [0.15, 0.2) is 41.8 Å². The largest absolute Gasteiger partial charge is 0.361 e. The molecule has 0 saturated carbocycles. The van der Waals surface area contributed by atoms with Gasteiger partial charge in [0.15, 0.2) is 0 Å². The highest BCUT2D eigenvalue weighted by Gasteiger charge is 2.46. The van der Waals surface area contributed by atoms with Crippen molar-refractivity contribution in [1.29, 1.82) is 0 Å². The number of hydrogen-bond donors (Lipinski definition) is 0. The highest BCUT2D eigenvalue weighted by atomic mass is 28.3. The minimum atomic E-state index is -1.43. The number of carbonyl (C=O) groups excluding carboxylic acids is 1. The second-order valence-corrected chi connectivity index (χ2v) is 15.8. The Morgan fingerprint density at radius 2 is 2.00 bits per heavy atom. The molecule has 2 aromatic rings. The summed E-state index contributed by atoms with van der Waals surface area (Å²) in [6.07, 6.45) is 7.57. The third-order valence-electron chi connectivity index (χ3n) is 6.45. The Hall–Kier alpha value is -2.71. The second-order valence-electron chi connectivity index (χ2n) is 10.3. The lowest BCUT2D eigenvalue weighted by atomic mass is 9.85. The molecule has 1 amide bonds. The van der Waals surface area contributed by atoms with Gasteiger partial charge in [0.2, 0.25) is 11.9 Å². The fraction of sp³-hybridized carbons (Fsp3) is 0.458. The molecule has 2 aliphatic rings. The normalized spacial score (nSPS) is 18.7. The van der Waals surface area contributed by atoms with Crippen molar-refractivity contribution in [2.75, 3.05) is 18.6 Å². The zero-order valence-electron chi connectivity index (χ0n) is 20.1. The molecule has 3 heterocycles. The minimum absolute atomic E-state index is 0.0127. The third-order valence-corrected chi connectivity index (χ3v) is 9.06. The van der Waals surface area contributed by atoms with E-state index in [9.17, 15) is 4.79 Å². The van der Waals surface area contributed by atoms with Crippen molar-refractivity contribution in [2.45, 2.75) is 58.3 Å². The summed E-state index contributed by atoms with van der Waals surface area (Å²) in [5.74, 6) is 0.601. The van der Waals surface area contributed by atoms with Crippen molar-refractivity contribution in [3.05, 3.63) is 47.9 Å². The summed E-state index contributed by atoms with van der Waals surface area (Å²) < 4.78 is 8.09. The van der Waals surface area contributed by atoms with E-state index in [4.69, 9.17) is 4.74 Å². The minimum Gasteiger partial charge on any atom is -0.361 e. The van der Waals surface area contributed by atoms with Gasteiger partial charge in [0.25, 0.3) is 0 Å². The van der Waals surface area contributed by atoms with Gasteiger partial charge in [0, 0.05) is 43.2 Å². The van der Waals surface area contributed by atoms with Crippen LogP contribution in [0.1, 0.15) is 31.9 Å². The average Bonchev–Trinajstić information content (AvgIpc) is 3.26. The van der Waals surface area contributed by atoms with Gasteiger partial charge in [-0.2, -0.15) is 0 Å². The lowest BCUT2D eigenvalue weighted by Gasteiger charge is -2.26. The number of aromatic nitrogens is 2. The van der Waals surface area contributed by atoms with Gasteiger partial charge < -0.3 is 9.64 Å². The van der Waals surface area contributed by atoms with Crippen molar-refractivity contribution in [1.82, 2.24) is 14.5 Å². The van der Waals surface area contributed by atoms with E-state index in [2.05, 4.69) is 60.9 Å². The molecule has 170 valence electrons. The molecule has 1 unspecified atom stereocenters. The number of nitrogens with zero attached hydrogens (tertiary/aromatic N) is 5. The molecule has 4 rings (SSSR count). The molecular weight excluding hydrogens is 418 g/mol. The predicted molar refractivity (Wildman–Crippen MR) is 132 cm³/mol. The maximum atomic E-state index is 13.6. The summed E-state index contributed by atoms with van der Waals surface area (Å²) in [5.41, 5.74) is 3.47. The van der Waals surface area contributed by atoms with Crippen molar-refractivity contribution < 1.29 is 9.53 Å². The molecule has 0 saturated heterocycles. The SMILES string of the molecule is CC(OCn1ccnc1N1C(=O)C(C)(C)c2ccc(C3=CN(C)CN=C3)cc21)[Si](C)(C)C. The summed E-state index contributed by atoms with van der Waals surface area (Å²) in [7, 11) is 0.572. The molecule has 0 fully saturated rings. The molecule has 0 radical (unpaired) electrons. The van der Waals surface area contributed by atoms with Gasteiger partial charge in [-0.3, -0.25) is 14.4 Å². The van der Waals surface area contributed by atoms with E-state index in [0.29, 0.717) is 19.3 Å². The summed E-state index contributed by atoms with van der Waals surface area (Å²) in [4.78, 5) is 26.3. The standard InChI is InChI=1S/C24H33N5O2Si/c1-17(32(5,6)7)31-16-28-11-10-26-23(28)29-21-12-18(19-13-25-15-27(4)14-19)8-9-20(21)24(2,3)22(29)30/h8-14,17H,15-16H2,1-7H3. The lowest BCUT2D eigenvalue weighted by Crippen LogP contribution is -2.38. The summed E-state index contributed by atoms with van der Waals surface area (Å²) in [5, 5.41) is 0. The molecule has 1 aromatic carbocycles. The van der Waals surface area contributed by atoms with Crippen LogP contribution in [0.4, 0.5) is 11.6 Å². The zero-order valence-corrected chi connectivity index (χ0v) is 21.1. The van der Waals surface area contributed by atoms with E-state index in [1.807, 2.05) is 42.8 Å². The van der Waals surface area contributed by atoms with Gasteiger partial charge in [-0.05, 0) is 38.0 Å². The Labute approximate surface area is 191 Å². The topological polar surface area (TPSA) is 63.0 Å². The van der Waals surface area contributed by atoms with Gasteiger partial charge >= 0.3 is 0 Å². The Morgan fingerprint density at radius 3 is 2.69 bits per heavy atom. The second kappa shape index (κ2) is 8.01. The molecule has 0 aliphatic carbocycles. The zero-order chi connectivity index (χ0) is 23.3. The van der Waals surface area contributed by atoms with Crippen LogP contribution in [-0.4, -0.2) is 54.1 Å². The first-order valence-electron chi connectivity index (χ1n) is 11.0. The molecular formula is C24H33N5O2Si. The average molecular weight is 452 g/mol. The van der Waals surface area contributed by atoms with Crippen LogP contribution in [0.2, 0.25) is 19.6 Å². The number of benzene rings is 1. The first kappa shape index (κ1) is 22.5. The number of fused-ring (bicyclic) bond motifs is 1. The molecule has 0 spiro atoms. The van der Waals surface area contributed by atoms with Gasteiger partial charge in [0.1, 0.15) is 13.4 Å². The van der Waals surface area contributed by atoms with Crippen LogP contribution in [0.3, 0.4) is 0 Å². The number of hydrogen-bond acceptors (Lipinski definition) is 5. The summed E-state index contributed by atoms with van der Waals surface area (Å²) >= 11 is 0. The van der Waals surface area contributed by atoms with Crippen LogP contribution in [0.25, 0.3) is 5.57 Å². The molecule has 0 N–H and O–H groups in total. The molecule has 32 heavy (non-hydrogen) atoms. The highest BCUT2D eigenvalue weighted by molar-refractivity contribution is 6.77. The van der Waals surface area contributed by atoms with E-state index in [1.54, 1.807) is 11.1 Å². The lowest BCUT2D eigenvalue weighted by molar-refractivity contribution is -0.121. The smallest absolute Gasteiger partial charge is 0.244 e. The van der Waals surface area contributed by atoms with Gasteiger partial charge in [-0.25, -0.2) is 9.88 Å². The first-order valence-corrected chi connectivity index (χ1v) is 14.6. The maximum Gasteiger partial charge on any atom is 0.244 e. The fourth-order valence-corrected chi connectivity index (χ4v) is 4.48. The maximum absolute atomic E-state index is 13.6. The van der Waals surface area contributed by atoms with Crippen molar-refractivity contribution >= 4 is 37.4 Å². The van der Waals surface area contributed by atoms with Gasteiger partial charge in [0.05, 0.1) is 19.2 Å². The number of anilines is 2.